The first-order valence-electron chi connectivity index (χ1n) is 7.87. The number of thiophene rings is 1. The molecule has 0 radical (unpaired) electrons. The van der Waals surface area contributed by atoms with Gasteiger partial charge in [-0.3, -0.25) is 4.79 Å². The summed E-state index contributed by atoms with van der Waals surface area (Å²) in [5.41, 5.74) is -0.239. The number of hydrogen-bond donors (Lipinski definition) is 2. The standard InChI is InChI=1S/C16H24N2OS/c19-15(18-13-6-10-17-11-7-13)16(8-2-1-3-9-16)14-5-4-12-20-14/h4-5,12-13,17H,1-3,6-11H2,(H,18,19). The second kappa shape index (κ2) is 6.27. The highest BCUT2D eigenvalue weighted by molar-refractivity contribution is 7.10. The summed E-state index contributed by atoms with van der Waals surface area (Å²) >= 11 is 1.75. The molecule has 2 fully saturated rings. The van der Waals surface area contributed by atoms with Gasteiger partial charge in [0.2, 0.25) is 5.91 Å². The number of amides is 1. The third-order valence-electron chi connectivity index (χ3n) is 4.81. The molecule has 1 aromatic heterocycles. The van der Waals surface area contributed by atoms with E-state index in [4.69, 9.17) is 0 Å². The molecule has 2 heterocycles. The molecule has 20 heavy (non-hydrogen) atoms. The monoisotopic (exact) mass is 292 g/mol. The van der Waals surface area contributed by atoms with Gasteiger partial charge in [-0.15, -0.1) is 11.3 Å². The van der Waals surface area contributed by atoms with Crippen LogP contribution in [0.25, 0.3) is 0 Å². The summed E-state index contributed by atoms with van der Waals surface area (Å²) in [6, 6.07) is 4.59. The molecule has 0 spiro atoms. The van der Waals surface area contributed by atoms with E-state index in [1.54, 1.807) is 11.3 Å². The molecule has 0 bridgehead atoms. The molecule has 4 heteroatoms. The van der Waals surface area contributed by atoms with Gasteiger partial charge in [-0.05, 0) is 50.2 Å². The lowest BCUT2D eigenvalue weighted by Gasteiger charge is -2.37. The van der Waals surface area contributed by atoms with Crippen LogP contribution in [0.5, 0.6) is 0 Å². The number of carbonyl (C=O) groups excluding carboxylic acids is 1. The molecule has 0 unspecified atom stereocenters. The number of rotatable bonds is 3. The Bertz CT molecular complexity index is 431. The van der Waals surface area contributed by atoms with E-state index in [1.807, 2.05) is 0 Å². The third kappa shape index (κ3) is 2.77. The van der Waals surface area contributed by atoms with Crippen molar-refractivity contribution in [3.8, 4) is 0 Å². The lowest BCUT2D eigenvalue weighted by molar-refractivity contribution is -0.128. The molecule has 1 aromatic rings. The fourth-order valence-electron chi connectivity index (χ4n) is 3.58. The van der Waals surface area contributed by atoms with E-state index < -0.39 is 0 Å². The predicted molar refractivity (Wildman–Crippen MR) is 83.1 cm³/mol. The Balaban J connectivity index is 1.76. The highest BCUT2D eigenvalue weighted by Crippen LogP contribution is 2.41. The molecule has 0 atom stereocenters. The van der Waals surface area contributed by atoms with Crippen molar-refractivity contribution in [2.45, 2.75) is 56.4 Å². The van der Waals surface area contributed by atoms with Gasteiger partial charge in [-0.25, -0.2) is 0 Å². The second-order valence-corrected chi connectivity index (χ2v) is 7.07. The molecule has 1 aliphatic carbocycles. The van der Waals surface area contributed by atoms with E-state index in [9.17, 15) is 4.79 Å². The molecule has 110 valence electrons. The molecule has 3 rings (SSSR count). The summed E-state index contributed by atoms with van der Waals surface area (Å²) in [4.78, 5) is 14.2. The van der Waals surface area contributed by atoms with Gasteiger partial charge in [0.15, 0.2) is 0 Å². The first-order valence-corrected chi connectivity index (χ1v) is 8.75. The summed E-state index contributed by atoms with van der Waals surface area (Å²) in [7, 11) is 0. The van der Waals surface area contributed by atoms with Crippen LogP contribution in [0.1, 0.15) is 49.8 Å². The Morgan fingerprint density at radius 2 is 2.00 bits per heavy atom. The van der Waals surface area contributed by atoms with Crippen LogP contribution < -0.4 is 10.6 Å². The SMILES string of the molecule is O=C(NC1CCNCC1)C1(c2cccs2)CCCCC1. The Hall–Kier alpha value is -0.870. The van der Waals surface area contributed by atoms with Gasteiger partial charge in [-0.2, -0.15) is 0 Å². The van der Waals surface area contributed by atoms with Gasteiger partial charge in [-0.1, -0.05) is 25.3 Å². The molecule has 1 aliphatic heterocycles. The molecular formula is C16H24N2OS. The number of piperidine rings is 1. The molecule has 0 aromatic carbocycles. The van der Waals surface area contributed by atoms with Crippen LogP contribution in [0.4, 0.5) is 0 Å². The van der Waals surface area contributed by atoms with E-state index in [0.717, 1.165) is 38.8 Å². The normalized spacial score (nSPS) is 23.4. The zero-order valence-corrected chi connectivity index (χ0v) is 12.8. The van der Waals surface area contributed by atoms with Gasteiger partial charge < -0.3 is 10.6 Å². The Morgan fingerprint density at radius 3 is 2.65 bits per heavy atom. The van der Waals surface area contributed by atoms with Crippen molar-refractivity contribution in [3.05, 3.63) is 22.4 Å². The minimum Gasteiger partial charge on any atom is -0.352 e. The van der Waals surface area contributed by atoms with Gasteiger partial charge in [0, 0.05) is 10.9 Å². The van der Waals surface area contributed by atoms with Crippen LogP contribution in [0.3, 0.4) is 0 Å². The zero-order chi connectivity index (χ0) is 13.8. The predicted octanol–water partition coefficient (Wildman–Crippen LogP) is 2.82. The Kier molecular flexibility index (Phi) is 4.41. The summed E-state index contributed by atoms with van der Waals surface area (Å²) < 4.78 is 0. The van der Waals surface area contributed by atoms with Crippen molar-refractivity contribution < 1.29 is 4.79 Å². The molecular weight excluding hydrogens is 268 g/mol. The van der Waals surface area contributed by atoms with Gasteiger partial charge in [0.1, 0.15) is 0 Å². The molecule has 3 nitrogen and oxygen atoms in total. The lowest BCUT2D eigenvalue weighted by atomic mass is 9.72. The maximum atomic E-state index is 13.0. The average Bonchev–Trinajstić information content (AvgIpc) is 3.04. The Labute approximate surface area is 125 Å². The minimum atomic E-state index is -0.239. The summed E-state index contributed by atoms with van der Waals surface area (Å²) in [6.45, 7) is 2.05. The van der Waals surface area contributed by atoms with Crippen molar-refractivity contribution in [2.75, 3.05) is 13.1 Å². The molecule has 2 aliphatic rings. The summed E-state index contributed by atoms with van der Waals surface area (Å²) in [5.74, 6) is 0.284. The van der Waals surface area contributed by atoms with Gasteiger partial charge in [0.25, 0.3) is 0 Å². The van der Waals surface area contributed by atoms with Gasteiger partial charge >= 0.3 is 0 Å². The van der Waals surface area contributed by atoms with E-state index in [1.165, 1.54) is 24.1 Å². The molecule has 1 saturated carbocycles. The van der Waals surface area contributed by atoms with Crippen LogP contribution in [-0.4, -0.2) is 25.0 Å². The number of nitrogens with one attached hydrogen (secondary N) is 2. The molecule has 1 amide bonds. The van der Waals surface area contributed by atoms with E-state index in [2.05, 4.69) is 28.1 Å². The van der Waals surface area contributed by atoms with Crippen molar-refractivity contribution in [1.29, 1.82) is 0 Å². The van der Waals surface area contributed by atoms with Crippen LogP contribution >= 0.6 is 11.3 Å². The lowest BCUT2D eigenvalue weighted by Crippen LogP contribution is -2.51. The van der Waals surface area contributed by atoms with E-state index in [0.29, 0.717) is 6.04 Å². The topological polar surface area (TPSA) is 41.1 Å². The highest BCUT2D eigenvalue weighted by atomic mass is 32.1. The Morgan fingerprint density at radius 1 is 1.25 bits per heavy atom. The van der Waals surface area contributed by atoms with Crippen molar-refractivity contribution in [1.82, 2.24) is 10.6 Å². The van der Waals surface area contributed by atoms with Crippen molar-refractivity contribution in [3.63, 3.8) is 0 Å². The van der Waals surface area contributed by atoms with Crippen LogP contribution in [0, 0.1) is 0 Å². The van der Waals surface area contributed by atoms with Crippen molar-refractivity contribution >= 4 is 17.2 Å². The van der Waals surface area contributed by atoms with Crippen LogP contribution in [-0.2, 0) is 10.2 Å². The first kappa shape index (κ1) is 14.1. The summed E-state index contributed by atoms with van der Waals surface area (Å²) in [6.07, 6.45) is 7.79. The van der Waals surface area contributed by atoms with E-state index >= 15 is 0 Å². The quantitative estimate of drug-likeness (QED) is 0.899. The fraction of sp³-hybridized carbons (Fsp3) is 0.688. The molecule has 1 saturated heterocycles. The third-order valence-corrected chi connectivity index (χ3v) is 5.88. The smallest absolute Gasteiger partial charge is 0.231 e. The highest BCUT2D eigenvalue weighted by Gasteiger charge is 2.42. The second-order valence-electron chi connectivity index (χ2n) is 6.12. The minimum absolute atomic E-state index is 0.239. The maximum absolute atomic E-state index is 13.0. The van der Waals surface area contributed by atoms with Crippen molar-refractivity contribution in [2.24, 2.45) is 0 Å². The largest absolute Gasteiger partial charge is 0.352 e. The van der Waals surface area contributed by atoms with Crippen LogP contribution in [0.15, 0.2) is 17.5 Å². The average molecular weight is 292 g/mol. The number of carbonyl (C=O) groups is 1. The zero-order valence-electron chi connectivity index (χ0n) is 12.0. The van der Waals surface area contributed by atoms with E-state index in [-0.39, 0.29) is 11.3 Å². The van der Waals surface area contributed by atoms with Gasteiger partial charge in [0.05, 0.1) is 5.41 Å². The summed E-state index contributed by atoms with van der Waals surface area (Å²) in [5, 5.41) is 8.80. The first-order chi connectivity index (χ1) is 9.81. The van der Waals surface area contributed by atoms with Crippen LogP contribution in [0.2, 0.25) is 0 Å². The molecule has 2 N–H and O–H groups in total. The maximum Gasteiger partial charge on any atom is 0.231 e. The number of hydrogen-bond acceptors (Lipinski definition) is 3. The fourth-order valence-corrected chi connectivity index (χ4v) is 4.56.